The van der Waals surface area contributed by atoms with E-state index in [0.717, 1.165) is 0 Å². The van der Waals surface area contributed by atoms with Gasteiger partial charge in [0.1, 0.15) is 17.2 Å². The van der Waals surface area contributed by atoms with Gasteiger partial charge in [-0.25, -0.2) is 0 Å². The number of rotatable bonds is 5. The first-order chi connectivity index (χ1) is 11.3. The standard InChI is InChI=1S/C16H18N2O5S.K/c1-16(2)12(15(21)22)18-13(20)11(14(18)24-16)17-10(19)8-23-9-6-4-3-5-7-9;/h3-7,11-12,14H,8H2,1-2H3,(H,17,19)(H,21,22);/q;+1/p-1/t11-,12+,14-;/m1./s1/i3+1,4+1,5+1,6+1,7+1,9+1;. The number of nitrogens with one attached hydrogen (secondary N) is 1. The van der Waals surface area contributed by atoms with Crippen molar-refractivity contribution in [1.29, 1.82) is 0 Å². The average Bonchev–Trinajstić information content (AvgIpc) is 2.80. The number of amides is 2. The van der Waals surface area contributed by atoms with E-state index < -0.39 is 40.0 Å². The Bertz CT molecular complexity index is 684. The van der Waals surface area contributed by atoms with Crippen molar-refractivity contribution in [2.24, 2.45) is 0 Å². The Morgan fingerprint density at radius 3 is 2.56 bits per heavy atom. The summed E-state index contributed by atoms with van der Waals surface area (Å²) >= 11 is 1.35. The summed E-state index contributed by atoms with van der Waals surface area (Å²) in [6, 6.07) is 7.14. The number of aliphatic carboxylic acids is 1. The molecule has 2 aliphatic heterocycles. The van der Waals surface area contributed by atoms with E-state index in [4.69, 9.17) is 4.74 Å². The number of β-lactam (4-membered cyclic amide) rings is 1. The molecule has 3 atom stereocenters. The van der Waals surface area contributed by atoms with Gasteiger partial charge in [0.2, 0.25) is 5.91 Å². The van der Waals surface area contributed by atoms with Gasteiger partial charge in [-0.1, -0.05) is 18.2 Å². The van der Waals surface area contributed by atoms with E-state index in [-0.39, 0.29) is 58.0 Å². The summed E-state index contributed by atoms with van der Waals surface area (Å²) in [6.07, 6.45) is 0. The Labute approximate surface area is 192 Å². The van der Waals surface area contributed by atoms with E-state index >= 15 is 0 Å². The molecule has 0 bridgehead atoms. The molecule has 1 aromatic carbocycles. The Hall–Kier alpha value is -0.584. The third kappa shape index (κ3) is 4.06. The van der Waals surface area contributed by atoms with Crippen molar-refractivity contribution >= 4 is 29.5 Å². The van der Waals surface area contributed by atoms with Gasteiger partial charge in [-0.2, -0.15) is 0 Å². The summed E-state index contributed by atoms with van der Waals surface area (Å²) in [5, 5.41) is 13.5. The van der Waals surface area contributed by atoms with Crippen LogP contribution >= 0.6 is 11.8 Å². The Morgan fingerprint density at radius 1 is 1.32 bits per heavy atom. The number of hydrogen-bond acceptors (Lipinski definition) is 6. The maximum atomic E-state index is 12.2. The summed E-state index contributed by atoms with van der Waals surface area (Å²) in [5.74, 6) is -1.55. The number of thioether (sulfide) groups is 1. The first kappa shape index (κ1) is 20.7. The SMILES string of the molecule is CC1(C)S[C@@H]2[C@H](NC(=O)CO[13c]3[13cH][13cH][13cH][13cH][13cH]3)C(=O)N2[C@H]1C(=O)[O-].[K+]. The zero-order chi connectivity index (χ0) is 17.5. The minimum atomic E-state index is -1.28. The quantitative estimate of drug-likeness (QED) is 0.409. The molecule has 2 amide bonds. The first-order valence-corrected chi connectivity index (χ1v) is 8.37. The molecule has 2 fully saturated rings. The van der Waals surface area contributed by atoms with Gasteiger partial charge in [0.15, 0.2) is 6.61 Å². The number of para-hydroxylation sites is 1. The van der Waals surface area contributed by atoms with Crippen molar-refractivity contribution in [3.05, 3.63) is 30.3 Å². The maximum Gasteiger partial charge on any atom is 1.00 e. The second-order valence-corrected chi connectivity index (χ2v) is 8.00. The molecule has 2 heterocycles. The van der Waals surface area contributed by atoms with E-state index in [2.05, 4.69) is 5.32 Å². The van der Waals surface area contributed by atoms with Crippen molar-refractivity contribution in [3.63, 3.8) is 0 Å². The number of carbonyl (C=O) groups excluding carboxylic acids is 3. The smallest absolute Gasteiger partial charge is 0.548 e. The zero-order valence-corrected chi connectivity index (χ0v) is 18.2. The zero-order valence-electron chi connectivity index (χ0n) is 14.2. The number of carbonyl (C=O) groups is 3. The minimum absolute atomic E-state index is 0. The molecule has 1 N–H and O–H groups in total. The minimum Gasteiger partial charge on any atom is -0.548 e. The third-order valence-electron chi connectivity index (χ3n) is 4.09. The van der Waals surface area contributed by atoms with E-state index in [1.807, 2.05) is 6.07 Å². The van der Waals surface area contributed by atoms with Gasteiger partial charge >= 0.3 is 51.4 Å². The molecule has 0 saturated carbocycles. The largest absolute Gasteiger partial charge is 1.00 e. The third-order valence-corrected chi connectivity index (χ3v) is 5.67. The summed E-state index contributed by atoms with van der Waals surface area (Å²) < 4.78 is 4.67. The van der Waals surface area contributed by atoms with Crippen LogP contribution in [-0.4, -0.2) is 51.5 Å². The molecular formula is C16H17KN2O5S. The number of carboxylic acids is 1. The molecule has 3 rings (SSSR count). The van der Waals surface area contributed by atoms with Crippen LogP contribution in [0.2, 0.25) is 0 Å². The summed E-state index contributed by atoms with van der Waals surface area (Å²) in [5.41, 5.74) is 0. The molecule has 128 valence electrons. The van der Waals surface area contributed by atoms with Crippen molar-refractivity contribution in [2.75, 3.05) is 6.61 Å². The first-order valence-electron chi connectivity index (χ1n) is 7.49. The monoisotopic (exact) mass is 394 g/mol. The van der Waals surface area contributed by atoms with Crippen LogP contribution in [0.1, 0.15) is 13.8 Å². The normalized spacial score (nSPS) is 26.1. The van der Waals surface area contributed by atoms with Crippen LogP contribution in [0.25, 0.3) is 0 Å². The van der Waals surface area contributed by atoms with Crippen molar-refractivity contribution in [1.82, 2.24) is 10.2 Å². The molecule has 0 spiro atoms. The molecule has 0 aliphatic carbocycles. The van der Waals surface area contributed by atoms with Crippen LogP contribution in [-0.2, 0) is 14.4 Å². The molecule has 2 aliphatic rings. The Balaban J connectivity index is 0.00000225. The Morgan fingerprint density at radius 2 is 1.96 bits per heavy atom. The van der Waals surface area contributed by atoms with Crippen molar-refractivity contribution < 1.29 is 75.6 Å². The summed E-state index contributed by atoms with van der Waals surface area (Å²) in [7, 11) is 0. The van der Waals surface area contributed by atoms with E-state index in [9.17, 15) is 19.5 Å². The molecule has 7 nitrogen and oxygen atoms in total. The van der Waals surface area contributed by atoms with Crippen LogP contribution in [0.4, 0.5) is 0 Å². The van der Waals surface area contributed by atoms with E-state index in [1.54, 1.807) is 38.1 Å². The average molecular weight is 394 g/mol. The van der Waals surface area contributed by atoms with Gasteiger partial charge in [-0.15, -0.1) is 11.8 Å². The second kappa shape index (κ2) is 7.97. The van der Waals surface area contributed by atoms with Crippen LogP contribution in [0.3, 0.4) is 0 Å². The van der Waals surface area contributed by atoms with Crippen molar-refractivity contribution in [2.45, 2.75) is 36.1 Å². The number of carboxylic acid groups (broad SMARTS) is 1. The fraction of sp³-hybridized carbons (Fsp3) is 0.438. The van der Waals surface area contributed by atoms with E-state index in [0.29, 0.717) is 5.75 Å². The predicted molar refractivity (Wildman–Crippen MR) is 85.0 cm³/mol. The van der Waals surface area contributed by atoms with Crippen LogP contribution in [0.5, 0.6) is 5.75 Å². The number of fused-ring (bicyclic) bond motifs is 1. The fourth-order valence-electron chi connectivity index (χ4n) is 3.01. The van der Waals surface area contributed by atoms with Gasteiger partial charge in [0, 0.05) is 4.75 Å². The van der Waals surface area contributed by atoms with Gasteiger partial charge in [0.25, 0.3) is 5.91 Å². The van der Waals surface area contributed by atoms with Crippen molar-refractivity contribution in [3.8, 4) is 5.75 Å². The molecule has 0 aromatic heterocycles. The summed E-state index contributed by atoms with van der Waals surface area (Å²) in [6.45, 7) is 3.29. The van der Waals surface area contributed by atoms with Gasteiger partial charge in [-0.3, -0.25) is 9.59 Å². The fourth-order valence-corrected chi connectivity index (χ4v) is 4.63. The van der Waals surface area contributed by atoms with Crippen LogP contribution in [0, 0.1) is 0 Å². The van der Waals surface area contributed by atoms with Gasteiger partial charge in [-0.05, 0) is 26.0 Å². The molecule has 1 aromatic rings. The van der Waals surface area contributed by atoms with Gasteiger partial charge in [0.05, 0.1) is 12.0 Å². The molecule has 0 radical (unpaired) electrons. The van der Waals surface area contributed by atoms with E-state index in [1.165, 1.54) is 16.7 Å². The maximum absolute atomic E-state index is 12.2. The Kier molecular flexibility index (Phi) is 6.61. The van der Waals surface area contributed by atoms with Crippen LogP contribution < -0.4 is 66.5 Å². The number of ether oxygens (including phenoxy) is 1. The molecule has 0 unspecified atom stereocenters. The predicted octanol–water partition coefficient (Wildman–Crippen LogP) is -3.63. The molecule has 25 heavy (non-hydrogen) atoms. The van der Waals surface area contributed by atoms with Gasteiger partial charge < -0.3 is 24.9 Å². The number of benzene rings is 1. The number of hydrogen-bond donors (Lipinski definition) is 1. The molecule has 2 saturated heterocycles. The number of nitrogens with zero attached hydrogens (tertiary/aromatic N) is 1. The molecule has 9 heteroatoms. The molecular weight excluding hydrogens is 377 g/mol. The van der Waals surface area contributed by atoms with Crippen LogP contribution in [0.15, 0.2) is 30.3 Å². The summed E-state index contributed by atoms with van der Waals surface area (Å²) in [4.78, 5) is 36.8. The second-order valence-electron chi connectivity index (χ2n) is 6.23. The topological polar surface area (TPSA) is 98.8 Å².